The number of aliphatic hydroxyl groups excluding tert-OH is 1. The average Bonchev–Trinajstić information content (AvgIpc) is 3.08. The summed E-state index contributed by atoms with van der Waals surface area (Å²) in [6.07, 6.45) is 3.05. The van der Waals surface area contributed by atoms with Crippen molar-refractivity contribution in [1.82, 2.24) is 5.32 Å². The molecule has 0 aromatic heterocycles. The Morgan fingerprint density at radius 2 is 1.51 bits per heavy atom. The van der Waals surface area contributed by atoms with Gasteiger partial charge in [-0.1, -0.05) is 106 Å². The number of rotatable bonds is 11. The molecule has 1 saturated carbocycles. The first-order chi connectivity index (χ1) is 22.5. The molecule has 3 aromatic carbocycles. The number of aliphatic hydroxyl groups is 1. The third kappa shape index (κ3) is 8.02. The average molecular weight is 658 g/mol. The van der Waals surface area contributed by atoms with Gasteiger partial charge in [0, 0.05) is 22.3 Å². The zero-order valence-electron chi connectivity index (χ0n) is 27.4. The third-order valence-corrected chi connectivity index (χ3v) is 10.8. The van der Waals surface area contributed by atoms with Crippen LogP contribution in [0.15, 0.2) is 109 Å². The van der Waals surface area contributed by atoms with Crippen LogP contribution in [0.4, 0.5) is 4.79 Å². The highest BCUT2D eigenvalue weighted by Crippen LogP contribution is 2.58. The number of hydrogen-bond acceptors (Lipinski definition) is 7. The molecule has 0 saturated heterocycles. The normalized spacial score (nSPS) is 28.0. The van der Waals surface area contributed by atoms with Gasteiger partial charge in [0.15, 0.2) is 0 Å². The molecule has 0 unspecified atom stereocenters. The first-order valence-corrected chi connectivity index (χ1v) is 17.1. The zero-order chi connectivity index (χ0) is 33.6. The zero-order valence-corrected chi connectivity index (χ0v) is 28.3. The molecular formula is C38H44NO7P. The van der Waals surface area contributed by atoms with Crippen molar-refractivity contribution >= 4 is 20.6 Å². The monoisotopic (exact) mass is 657 g/mol. The van der Waals surface area contributed by atoms with Crippen LogP contribution in [0.3, 0.4) is 0 Å². The molecule has 0 heterocycles. The minimum Gasteiger partial charge on any atom is -0.445 e. The topological polar surface area (TPSA) is 103 Å². The number of ether oxygens (including phenoxy) is 1. The number of carbonyl (C=O) groups is 2. The number of hydrogen-bond donors (Lipinski definition) is 2. The summed E-state index contributed by atoms with van der Waals surface area (Å²) in [5.41, 5.74) is 2.32. The van der Waals surface area contributed by atoms with Gasteiger partial charge in [-0.25, -0.2) is 4.79 Å². The van der Waals surface area contributed by atoms with Crippen LogP contribution in [0.5, 0.6) is 5.75 Å². The molecule has 3 aromatic rings. The predicted molar refractivity (Wildman–Crippen MR) is 182 cm³/mol. The van der Waals surface area contributed by atoms with Crippen LogP contribution in [0, 0.1) is 22.7 Å². The predicted octanol–water partition coefficient (Wildman–Crippen LogP) is 8.53. The fourth-order valence-corrected chi connectivity index (χ4v) is 7.38. The van der Waals surface area contributed by atoms with Crippen molar-refractivity contribution in [3.8, 4) is 5.75 Å². The van der Waals surface area contributed by atoms with Gasteiger partial charge < -0.3 is 14.4 Å². The van der Waals surface area contributed by atoms with Gasteiger partial charge in [0.25, 0.3) is 5.91 Å². The summed E-state index contributed by atoms with van der Waals surface area (Å²) in [6, 6.07) is 25.9. The van der Waals surface area contributed by atoms with Gasteiger partial charge in [0.1, 0.15) is 11.9 Å². The lowest BCUT2D eigenvalue weighted by Crippen LogP contribution is -2.55. The van der Waals surface area contributed by atoms with Crippen molar-refractivity contribution in [2.75, 3.05) is 0 Å². The maximum absolute atomic E-state index is 13.1. The van der Waals surface area contributed by atoms with E-state index in [4.69, 9.17) is 18.3 Å². The Bertz CT molecular complexity index is 1520. The summed E-state index contributed by atoms with van der Waals surface area (Å²) in [4.78, 5) is 26.2. The van der Waals surface area contributed by atoms with Gasteiger partial charge in [0.2, 0.25) is 0 Å². The van der Waals surface area contributed by atoms with Crippen molar-refractivity contribution < 1.29 is 33.0 Å². The number of fused-ring (bicyclic) bond motifs is 1. The lowest BCUT2D eigenvalue weighted by atomic mass is 9.51. The van der Waals surface area contributed by atoms with Gasteiger partial charge in [-0.05, 0) is 54.2 Å². The number of amides is 2. The summed E-state index contributed by atoms with van der Waals surface area (Å²) >= 11 is 0. The fraction of sp³-hybridized carbons (Fsp3) is 0.368. The molecule has 6 atom stereocenters. The molecule has 5 rings (SSSR count). The first-order valence-electron chi connectivity index (χ1n) is 16.0. The number of carbonyl (C=O) groups excluding carboxylic acids is 2. The largest absolute Gasteiger partial charge is 0.445 e. The summed E-state index contributed by atoms with van der Waals surface area (Å²) in [7, 11) is -1.77. The molecule has 2 aliphatic carbocycles. The molecule has 2 aliphatic rings. The minimum absolute atomic E-state index is 0.0643. The summed E-state index contributed by atoms with van der Waals surface area (Å²) in [5, 5.41) is 13.5. The van der Waals surface area contributed by atoms with E-state index in [-0.39, 0.29) is 17.4 Å². The van der Waals surface area contributed by atoms with E-state index in [1.807, 2.05) is 74.5 Å². The summed E-state index contributed by atoms with van der Waals surface area (Å²) in [5.74, 6) is 0.0576. The van der Waals surface area contributed by atoms with E-state index in [1.54, 1.807) is 30.3 Å². The van der Waals surface area contributed by atoms with E-state index < -0.39 is 43.6 Å². The maximum atomic E-state index is 13.1. The number of imide groups is 1. The Morgan fingerprint density at radius 1 is 0.936 bits per heavy atom. The van der Waals surface area contributed by atoms with Crippen molar-refractivity contribution in [1.29, 1.82) is 0 Å². The van der Waals surface area contributed by atoms with Gasteiger partial charge in [-0.15, -0.1) is 6.58 Å². The lowest BCUT2D eigenvalue weighted by molar-refractivity contribution is -0.0754. The molecular weight excluding hydrogens is 613 g/mol. The highest BCUT2D eigenvalue weighted by molar-refractivity contribution is 7.42. The fourth-order valence-electron chi connectivity index (χ4n) is 6.40. The van der Waals surface area contributed by atoms with Crippen LogP contribution in [-0.2, 0) is 27.0 Å². The molecule has 47 heavy (non-hydrogen) atoms. The van der Waals surface area contributed by atoms with Crippen LogP contribution in [0.2, 0.25) is 0 Å². The number of nitrogens with one attached hydrogen (secondary N) is 1. The van der Waals surface area contributed by atoms with Crippen LogP contribution < -0.4 is 9.84 Å². The second-order valence-corrected chi connectivity index (χ2v) is 14.1. The molecule has 0 radical (unpaired) electrons. The number of benzene rings is 3. The van der Waals surface area contributed by atoms with Crippen LogP contribution in [0.1, 0.15) is 62.0 Å². The second kappa shape index (κ2) is 15.0. The van der Waals surface area contributed by atoms with Crippen LogP contribution in [0.25, 0.3) is 0 Å². The van der Waals surface area contributed by atoms with Gasteiger partial charge in [0.05, 0.1) is 19.3 Å². The van der Waals surface area contributed by atoms with Crippen LogP contribution in [-0.4, -0.2) is 29.3 Å². The summed E-state index contributed by atoms with van der Waals surface area (Å²) in [6.45, 7) is 12.8. The molecule has 2 amide bonds. The Hall–Kier alpha value is -3.81. The Labute approximate surface area is 278 Å². The first kappa shape index (κ1) is 34.5. The molecule has 0 aliphatic heterocycles. The molecule has 9 heteroatoms. The van der Waals surface area contributed by atoms with Crippen molar-refractivity contribution in [3.63, 3.8) is 0 Å². The highest BCUT2D eigenvalue weighted by Gasteiger charge is 2.55. The van der Waals surface area contributed by atoms with E-state index in [2.05, 4.69) is 31.8 Å². The van der Waals surface area contributed by atoms with Gasteiger partial charge in [-0.3, -0.25) is 19.2 Å². The Kier molecular flexibility index (Phi) is 11.0. The quantitative estimate of drug-likeness (QED) is 0.157. The van der Waals surface area contributed by atoms with Crippen molar-refractivity contribution in [2.45, 2.75) is 66.0 Å². The molecule has 8 nitrogen and oxygen atoms in total. The van der Waals surface area contributed by atoms with E-state index >= 15 is 0 Å². The van der Waals surface area contributed by atoms with Crippen LogP contribution >= 0.6 is 8.60 Å². The van der Waals surface area contributed by atoms with Gasteiger partial charge >= 0.3 is 14.7 Å². The Morgan fingerprint density at radius 3 is 2.04 bits per heavy atom. The highest BCUT2D eigenvalue weighted by atomic mass is 31.2. The van der Waals surface area contributed by atoms with E-state index in [0.717, 1.165) is 17.5 Å². The van der Waals surface area contributed by atoms with E-state index in [9.17, 15) is 14.7 Å². The van der Waals surface area contributed by atoms with Gasteiger partial charge in [-0.2, -0.15) is 0 Å². The molecule has 0 bridgehead atoms. The van der Waals surface area contributed by atoms with Crippen molar-refractivity contribution in [2.24, 2.45) is 22.7 Å². The number of alkyl carbamates (subject to hydrolysis) is 1. The molecule has 2 N–H and O–H groups in total. The van der Waals surface area contributed by atoms with E-state index in [0.29, 0.717) is 25.4 Å². The maximum Gasteiger partial charge on any atom is 0.414 e. The minimum atomic E-state index is -1.77. The standard InChI is InChI=1S/C38H44NO7P/c1-6-37(4)23-33(38(5)27(3)22-31(38)21-26(2)34(37)40)45-36(42)39-35(41)30-17-19-32(20-18-30)46-47(43-24-28-13-9-7-10-14-28)44-25-29-15-11-8-12-16-29/h6-21,26-27,33-34,40H,1,22-25H2,2-5H3,(H,39,41,42)/b31-21-/t26-,27-,33-,34+,37-,38-/m1/s1. The third-order valence-electron chi connectivity index (χ3n) is 9.76. The van der Waals surface area contributed by atoms with Crippen molar-refractivity contribution in [3.05, 3.63) is 126 Å². The Balaban J connectivity index is 1.22. The molecule has 0 spiro atoms. The smallest absolute Gasteiger partial charge is 0.414 e. The second-order valence-electron chi connectivity index (χ2n) is 13.0. The van der Waals surface area contributed by atoms with E-state index in [1.165, 1.54) is 5.57 Å². The summed E-state index contributed by atoms with van der Waals surface area (Å²) < 4.78 is 24.0. The SMILES string of the molecule is C=C[C@]1(C)C[C@@H](OC(=O)NC(=O)c2ccc(OP(OCc3ccccc3)OCc3ccccc3)cc2)[C@@]2(C)/C(=C\[C@@H](C)[C@@H]1O)C[C@H]2C. The molecule has 1 fully saturated rings. The molecule has 248 valence electrons. The lowest BCUT2D eigenvalue weighted by Gasteiger charge is -2.56.